The van der Waals surface area contributed by atoms with E-state index in [1.807, 2.05) is 6.08 Å². The van der Waals surface area contributed by atoms with Crippen molar-refractivity contribution in [2.75, 3.05) is 6.54 Å². The fraction of sp³-hybridized carbons (Fsp3) is 0.526. The van der Waals surface area contributed by atoms with Gasteiger partial charge in [0, 0.05) is 18.0 Å². The highest BCUT2D eigenvalue weighted by Crippen LogP contribution is 2.44. The molecule has 1 fully saturated rings. The maximum absolute atomic E-state index is 12.4. The SMILES string of the molecule is O=C(O)CC/C=C\CC1(CCNS(=O)(=O)c2ccc(Cl)cc2)CCCC1. The highest BCUT2D eigenvalue weighted by atomic mass is 35.5. The van der Waals surface area contributed by atoms with E-state index in [2.05, 4.69) is 10.8 Å². The Morgan fingerprint density at radius 2 is 1.85 bits per heavy atom. The standard InChI is InChI=1S/C19H26ClNO4S/c20-16-7-9-17(10-8-16)26(24,25)21-15-14-19(12-4-5-13-19)11-3-1-2-6-18(22)23/h1,3,7-10,21H,2,4-6,11-15H2,(H,22,23)/b3-1-. The molecule has 0 radical (unpaired) electrons. The van der Waals surface area contributed by atoms with Crippen molar-refractivity contribution in [3.05, 3.63) is 41.4 Å². The second kappa shape index (κ2) is 9.53. The number of rotatable bonds is 10. The first-order valence-electron chi connectivity index (χ1n) is 8.95. The number of carboxylic acids is 1. The molecule has 26 heavy (non-hydrogen) atoms. The Morgan fingerprint density at radius 1 is 1.19 bits per heavy atom. The summed E-state index contributed by atoms with van der Waals surface area (Å²) in [5, 5.41) is 9.17. The van der Waals surface area contributed by atoms with Crippen molar-refractivity contribution in [3.63, 3.8) is 0 Å². The van der Waals surface area contributed by atoms with Crippen molar-refractivity contribution in [2.45, 2.75) is 56.3 Å². The number of allylic oxidation sites excluding steroid dienone is 2. The van der Waals surface area contributed by atoms with Crippen molar-refractivity contribution in [2.24, 2.45) is 5.41 Å². The zero-order valence-electron chi connectivity index (χ0n) is 14.8. The quantitative estimate of drug-likeness (QED) is 0.572. The van der Waals surface area contributed by atoms with Gasteiger partial charge >= 0.3 is 5.97 Å². The molecule has 5 nitrogen and oxygen atoms in total. The van der Waals surface area contributed by atoms with E-state index >= 15 is 0 Å². The molecule has 1 aliphatic rings. The van der Waals surface area contributed by atoms with Crippen LogP contribution >= 0.6 is 11.6 Å². The molecule has 1 aromatic rings. The Balaban J connectivity index is 1.87. The lowest BCUT2D eigenvalue weighted by atomic mass is 9.79. The summed E-state index contributed by atoms with van der Waals surface area (Å²) in [5.74, 6) is -0.790. The Kier molecular flexibility index (Phi) is 7.68. The minimum absolute atomic E-state index is 0.113. The molecule has 144 valence electrons. The topological polar surface area (TPSA) is 83.5 Å². The van der Waals surface area contributed by atoms with Crippen LogP contribution in [0.5, 0.6) is 0 Å². The number of benzene rings is 1. The van der Waals surface area contributed by atoms with Crippen LogP contribution in [0, 0.1) is 5.41 Å². The van der Waals surface area contributed by atoms with E-state index in [9.17, 15) is 13.2 Å². The monoisotopic (exact) mass is 399 g/mol. The molecular formula is C19H26ClNO4S. The van der Waals surface area contributed by atoms with E-state index < -0.39 is 16.0 Å². The summed E-state index contributed by atoms with van der Waals surface area (Å²) < 4.78 is 27.4. The number of sulfonamides is 1. The van der Waals surface area contributed by atoms with Gasteiger partial charge in [-0.05, 0) is 61.8 Å². The first-order chi connectivity index (χ1) is 12.3. The molecule has 0 spiro atoms. The molecule has 0 unspecified atom stereocenters. The summed E-state index contributed by atoms with van der Waals surface area (Å²) in [6.07, 6.45) is 10.8. The molecule has 2 N–H and O–H groups in total. The van der Waals surface area contributed by atoms with Crippen LogP contribution in [0.1, 0.15) is 51.4 Å². The van der Waals surface area contributed by atoms with E-state index in [0.29, 0.717) is 18.0 Å². The van der Waals surface area contributed by atoms with Crippen molar-refractivity contribution >= 4 is 27.6 Å². The van der Waals surface area contributed by atoms with Gasteiger partial charge in [0.05, 0.1) is 4.90 Å². The van der Waals surface area contributed by atoms with E-state index in [1.54, 1.807) is 12.1 Å². The van der Waals surface area contributed by atoms with Crippen molar-refractivity contribution in [1.82, 2.24) is 4.72 Å². The molecule has 0 bridgehead atoms. The zero-order valence-corrected chi connectivity index (χ0v) is 16.4. The third kappa shape index (κ3) is 6.41. The highest BCUT2D eigenvalue weighted by Gasteiger charge is 2.32. The molecule has 0 amide bonds. The maximum Gasteiger partial charge on any atom is 0.303 e. The second-order valence-electron chi connectivity index (χ2n) is 6.92. The van der Waals surface area contributed by atoms with Crippen LogP contribution in [-0.2, 0) is 14.8 Å². The van der Waals surface area contributed by atoms with Gasteiger partial charge in [0.2, 0.25) is 10.0 Å². The predicted octanol–water partition coefficient (Wildman–Crippen LogP) is 4.38. The van der Waals surface area contributed by atoms with E-state index in [-0.39, 0.29) is 16.7 Å². The molecule has 0 aromatic heterocycles. The van der Waals surface area contributed by atoms with Gasteiger partial charge in [-0.15, -0.1) is 0 Å². The summed E-state index contributed by atoms with van der Waals surface area (Å²) in [6.45, 7) is 0.397. The number of halogens is 1. The molecule has 1 aromatic carbocycles. The van der Waals surface area contributed by atoms with Crippen molar-refractivity contribution in [1.29, 1.82) is 0 Å². The molecule has 7 heteroatoms. The first kappa shape index (κ1) is 20.9. The molecule has 2 rings (SSSR count). The van der Waals surface area contributed by atoms with Crippen LogP contribution in [0.25, 0.3) is 0 Å². The Labute approximate surface area is 160 Å². The number of carbonyl (C=O) groups is 1. The summed E-state index contributed by atoms with van der Waals surface area (Å²) in [4.78, 5) is 10.8. The third-order valence-electron chi connectivity index (χ3n) is 4.98. The lowest BCUT2D eigenvalue weighted by Gasteiger charge is -2.28. The normalized spacial score (nSPS) is 17.0. The predicted molar refractivity (Wildman–Crippen MR) is 103 cm³/mol. The molecule has 0 aliphatic heterocycles. The number of hydrogen-bond acceptors (Lipinski definition) is 3. The Hall–Kier alpha value is -1.37. The van der Waals surface area contributed by atoms with Gasteiger partial charge in [-0.2, -0.15) is 0 Å². The van der Waals surface area contributed by atoms with Gasteiger partial charge in [-0.1, -0.05) is 36.6 Å². The van der Waals surface area contributed by atoms with Crippen molar-refractivity contribution < 1.29 is 18.3 Å². The van der Waals surface area contributed by atoms with Crippen LogP contribution in [-0.4, -0.2) is 26.0 Å². The number of hydrogen-bond donors (Lipinski definition) is 2. The molecule has 0 atom stereocenters. The van der Waals surface area contributed by atoms with Gasteiger partial charge in [-0.25, -0.2) is 13.1 Å². The Morgan fingerprint density at radius 3 is 2.46 bits per heavy atom. The largest absolute Gasteiger partial charge is 0.481 e. The Bertz CT molecular complexity index is 722. The maximum atomic E-state index is 12.4. The molecule has 0 saturated heterocycles. The van der Waals surface area contributed by atoms with E-state index in [4.69, 9.17) is 16.7 Å². The summed E-state index contributed by atoms with van der Waals surface area (Å²) in [6, 6.07) is 6.13. The van der Waals surface area contributed by atoms with E-state index in [0.717, 1.165) is 38.5 Å². The highest BCUT2D eigenvalue weighted by molar-refractivity contribution is 7.89. The molecule has 0 heterocycles. The molecule has 1 saturated carbocycles. The summed E-state index contributed by atoms with van der Waals surface area (Å²) in [5.41, 5.74) is 0.113. The van der Waals surface area contributed by atoms with Crippen LogP contribution in [0.3, 0.4) is 0 Å². The van der Waals surface area contributed by atoms with Gasteiger partial charge in [-0.3, -0.25) is 4.79 Å². The average molecular weight is 400 g/mol. The van der Waals surface area contributed by atoms with Crippen LogP contribution in [0.15, 0.2) is 41.3 Å². The lowest BCUT2D eigenvalue weighted by molar-refractivity contribution is -0.136. The lowest BCUT2D eigenvalue weighted by Crippen LogP contribution is -2.29. The fourth-order valence-corrected chi connectivity index (χ4v) is 4.64. The van der Waals surface area contributed by atoms with Gasteiger partial charge < -0.3 is 5.11 Å². The molecule has 1 aliphatic carbocycles. The number of nitrogens with one attached hydrogen (secondary N) is 1. The zero-order chi connectivity index (χ0) is 19.0. The fourth-order valence-electron chi connectivity index (χ4n) is 3.49. The number of aliphatic carboxylic acids is 1. The van der Waals surface area contributed by atoms with Gasteiger partial charge in [0.1, 0.15) is 0 Å². The minimum atomic E-state index is -3.53. The second-order valence-corrected chi connectivity index (χ2v) is 9.12. The van der Waals surface area contributed by atoms with Crippen LogP contribution in [0.2, 0.25) is 5.02 Å². The van der Waals surface area contributed by atoms with E-state index in [1.165, 1.54) is 12.1 Å². The minimum Gasteiger partial charge on any atom is -0.481 e. The van der Waals surface area contributed by atoms with Gasteiger partial charge in [0.25, 0.3) is 0 Å². The third-order valence-corrected chi connectivity index (χ3v) is 6.71. The van der Waals surface area contributed by atoms with Crippen LogP contribution in [0.4, 0.5) is 0 Å². The first-order valence-corrected chi connectivity index (χ1v) is 10.8. The van der Waals surface area contributed by atoms with Crippen LogP contribution < -0.4 is 4.72 Å². The summed E-state index contributed by atoms with van der Waals surface area (Å²) in [7, 11) is -3.53. The van der Waals surface area contributed by atoms with Crippen molar-refractivity contribution in [3.8, 4) is 0 Å². The number of carboxylic acid groups (broad SMARTS) is 1. The summed E-state index contributed by atoms with van der Waals surface area (Å²) >= 11 is 5.80. The van der Waals surface area contributed by atoms with Gasteiger partial charge in [0.15, 0.2) is 0 Å². The molecular weight excluding hydrogens is 374 g/mol. The smallest absolute Gasteiger partial charge is 0.303 e. The average Bonchev–Trinajstić information content (AvgIpc) is 3.03.